The molecule has 0 bridgehead atoms. The van der Waals surface area contributed by atoms with Crippen LogP contribution in [0.5, 0.6) is 0 Å². The van der Waals surface area contributed by atoms with Crippen LogP contribution in [-0.2, 0) is 0 Å². The maximum Gasteiger partial charge on any atom is 0.153 e. The van der Waals surface area contributed by atoms with Crippen LogP contribution in [0.25, 0.3) is 16.6 Å². The van der Waals surface area contributed by atoms with Crippen molar-refractivity contribution >= 4 is 34.0 Å². The molecule has 0 amide bonds. The van der Waals surface area contributed by atoms with Gasteiger partial charge in [0, 0.05) is 37.4 Å². The molecule has 0 radical (unpaired) electrons. The Morgan fingerprint density at radius 3 is 2.12 bits per heavy atom. The Hall–Kier alpha value is -3.34. The summed E-state index contributed by atoms with van der Waals surface area (Å²) in [5.74, 6) is 1.07. The van der Waals surface area contributed by atoms with Crippen LogP contribution in [0.15, 0.2) is 97.2 Å². The highest BCUT2D eigenvalue weighted by atomic mass is 35.5. The van der Waals surface area contributed by atoms with Gasteiger partial charge < -0.3 is 9.30 Å². The summed E-state index contributed by atoms with van der Waals surface area (Å²) in [6, 6.07) is 31.9. The van der Waals surface area contributed by atoms with Gasteiger partial charge in [0.05, 0.1) is 22.6 Å². The van der Waals surface area contributed by atoms with E-state index in [1.54, 1.807) is 0 Å². The fourth-order valence-corrected chi connectivity index (χ4v) is 5.15. The van der Waals surface area contributed by atoms with Crippen LogP contribution < -0.4 is 4.90 Å². The van der Waals surface area contributed by atoms with E-state index in [2.05, 4.69) is 99.3 Å². The maximum absolute atomic E-state index is 6.19. The lowest BCUT2D eigenvalue weighted by Gasteiger charge is -2.40. The van der Waals surface area contributed by atoms with Crippen LogP contribution in [-0.4, -0.2) is 40.5 Å². The molecule has 2 aromatic heterocycles. The van der Waals surface area contributed by atoms with E-state index in [-0.39, 0.29) is 6.04 Å². The van der Waals surface area contributed by atoms with Gasteiger partial charge in [-0.1, -0.05) is 66.2 Å². The Balaban J connectivity index is 1.31. The van der Waals surface area contributed by atoms with E-state index < -0.39 is 0 Å². The first-order valence-electron chi connectivity index (χ1n) is 11.4. The second kappa shape index (κ2) is 8.54. The lowest BCUT2D eigenvalue weighted by Crippen LogP contribution is -2.48. The first-order chi connectivity index (χ1) is 16.3. The number of aromatic nitrogens is 2. The van der Waals surface area contributed by atoms with E-state index in [0.717, 1.165) is 48.1 Å². The van der Waals surface area contributed by atoms with Crippen LogP contribution in [0.4, 0.5) is 5.82 Å². The summed E-state index contributed by atoms with van der Waals surface area (Å²) in [7, 11) is 0. The van der Waals surface area contributed by atoms with Crippen molar-refractivity contribution in [3.05, 3.63) is 113 Å². The number of para-hydroxylation sites is 2. The maximum atomic E-state index is 6.19. The summed E-state index contributed by atoms with van der Waals surface area (Å²) < 4.78 is 2.25. The molecule has 3 aromatic carbocycles. The average molecular weight is 453 g/mol. The summed E-state index contributed by atoms with van der Waals surface area (Å²) in [6.45, 7) is 3.79. The summed E-state index contributed by atoms with van der Waals surface area (Å²) in [4.78, 5) is 10.1. The number of nitrogens with zero attached hydrogens (tertiary/aromatic N) is 4. The molecule has 1 aliphatic rings. The number of rotatable bonds is 4. The number of hydrogen-bond donors (Lipinski definition) is 0. The molecule has 0 aliphatic carbocycles. The highest BCUT2D eigenvalue weighted by Crippen LogP contribution is 2.32. The first kappa shape index (κ1) is 20.3. The SMILES string of the molecule is Clc1ccc(C(c2ccccc2)N2CCN(c3nc4ccccc4n4cccc34)CC2)cc1. The number of benzene rings is 3. The zero-order valence-electron chi connectivity index (χ0n) is 18.3. The van der Waals surface area contributed by atoms with E-state index in [0.29, 0.717) is 0 Å². The van der Waals surface area contributed by atoms with Gasteiger partial charge in [0.1, 0.15) is 0 Å². The predicted molar refractivity (Wildman–Crippen MR) is 136 cm³/mol. The molecule has 0 N–H and O–H groups in total. The Kier molecular flexibility index (Phi) is 5.25. The quantitative estimate of drug-likeness (QED) is 0.331. The van der Waals surface area contributed by atoms with Gasteiger partial charge in [-0.3, -0.25) is 4.90 Å². The van der Waals surface area contributed by atoms with Gasteiger partial charge in [-0.25, -0.2) is 4.98 Å². The Morgan fingerprint density at radius 2 is 1.33 bits per heavy atom. The third kappa shape index (κ3) is 3.75. The van der Waals surface area contributed by atoms with E-state index in [9.17, 15) is 0 Å². The van der Waals surface area contributed by atoms with Gasteiger partial charge in [-0.05, 0) is 47.5 Å². The fraction of sp³-hybridized carbons (Fsp3) is 0.179. The van der Waals surface area contributed by atoms with Crippen LogP contribution in [0, 0.1) is 0 Å². The van der Waals surface area contributed by atoms with Crippen LogP contribution in [0.3, 0.4) is 0 Å². The molecule has 1 unspecified atom stereocenters. The third-order valence-corrected chi connectivity index (χ3v) is 6.88. The molecule has 5 aromatic rings. The van der Waals surface area contributed by atoms with Crippen LogP contribution in [0.2, 0.25) is 5.02 Å². The van der Waals surface area contributed by atoms with Gasteiger partial charge in [0.25, 0.3) is 0 Å². The zero-order chi connectivity index (χ0) is 22.2. The molecule has 4 nitrogen and oxygen atoms in total. The zero-order valence-corrected chi connectivity index (χ0v) is 19.1. The van der Waals surface area contributed by atoms with Crippen LogP contribution >= 0.6 is 11.6 Å². The van der Waals surface area contributed by atoms with Crippen LogP contribution in [0.1, 0.15) is 17.2 Å². The molecule has 1 aliphatic heterocycles. The van der Waals surface area contributed by atoms with Gasteiger partial charge >= 0.3 is 0 Å². The minimum atomic E-state index is 0.212. The summed E-state index contributed by atoms with van der Waals surface area (Å²) in [5, 5.41) is 0.772. The largest absolute Gasteiger partial charge is 0.352 e. The van der Waals surface area contributed by atoms with Crippen molar-refractivity contribution in [2.24, 2.45) is 0 Å². The average Bonchev–Trinajstić information content (AvgIpc) is 3.37. The standard InChI is InChI=1S/C28H25ClN4/c29-23-14-12-22(13-15-23)27(21-7-2-1-3-8-21)31-17-19-32(20-18-31)28-26-11-6-16-33(26)25-10-5-4-9-24(25)30-28/h1-16,27H,17-20H2. The first-order valence-corrected chi connectivity index (χ1v) is 11.8. The molecule has 1 atom stereocenters. The van der Waals surface area contributed by atoms with Gasteiger partial charge in [-0.15, -0.1) is 0 Å². The summed E-state index contributed by atoms with van der Waals surface area (Å²) in [6.07, 6.45) is 2.13. The number of hydrogen-bond acceptors (Lipinski definition) is 3. The van der Waals surface area contributed by atoms with Gasteiger partial charge in [0.2, 0.25) is 0 Å². The minimum Gasteiger partial charge on any atom is -0.352 e. The third-order valence-electron chi connectivity index (χ3n) is 6.63. The molecule has 0 spiro atoms. The number of halogens is 1. The van der Waals surface area contributed by atoms with E-state index in [1.165, 1.54) is 16.6 Å². The summed E-state index contributed by atoms with van der Waals surface area (Å²) in [5.41, 5.74) is 5.93. The van der Waals surface area contributed by atoms with Crippen molar-refractivity contribution < 1.29 is 0 Å². The van der Waals surface area contributed by atoms with Crippen molar-refractivity contribution in [3.8, 4) is 0 Å². The monoisotopic (exact) mass is 452 g/mol. The Labute approximate surface area is 198 Å². The van der Waals surface area contributed by atoms with Crippen molar-refractivity contribution in [2.45, 2.75) is 6.04 Å². The molecule has 164 valence electrons. The van der Waals surface area contributed by atoms with Crippen molar-refractivity contribution in [1.82, 2.24) is 14.3 Å². The lowest BCUT2D eigenvalue weighted by molar-refractivity contribution is 0.212. The summed E-state index contributed by atoms with van der Waals surface area (Å²) >= 11 is 6.19. The smallest absolute Gasteiger partial charge is 0.153 e. The fourth-order valence-electron chi connectivity index (χ4n) is 5.03. The second-order valence-electron chi connectivity index (χ2n) is 8.58. The van der Waals surface area contributed by atoms with Crippen molar-refractivity contribution in [2.75, 3.05) is 31.1 Å². The van der Waals surface area contributed by atoms with Crippen molar-refractivity contribution in [3.63, 3.8) is 0 Å². The number of anilines is 1. The number of piperazine rings is 1. The van der Waals surface area contributed by atoms with Crippen molar-refractivity contribution in [1.29, 1.82) is 0 Å². The molecular weight excluding hydrogens is 428 g/mol. The topological polar surface area (TPSA) is 23.8 Å². The minimum absolute atomic E-state index is 0.212. The second-order valence-corrected chi connectivity index (χ2v) is 9.01. The molecule has 6 rings (SSSR count). The normalized spacial score (nSPS) is 15.8. The van der Waals surface area contributed by atoms with E-state index >= 15 is 0 Å². The Morgan fingerprint density at radius 1 is 0.667 bits per heavy atom. The van der Waals surface area contributed by atoms with E-state index in [4.69, 9.17) is 16.6 Å². The highest BCUT2D eigenvalue weighted by Gasteiger charge is 2.28. The molecule has 5 heteroatoms. The molecule has 1 fully saturated rings. The van der Waals surface area contributed by atoms with E-state index in [1.807, 2.05) is 12.1 Å². The predicted octanol–water partition coefficient (Wildman–Crippen LogP) is 6.05. The van der Waals surface area contributed by atoms with Gasteiger partial charge in [-0.2, -0.15) is 0 Å². The Bertz CT molecular complexity index is 1390. The van der Waals surface area contributed by atoms with Gasteiger partial charge in [0.15, 0.2) is 5.82 Å². The lowest BCUT2D eigenvalue weighted by atomic mass is 9.96. The number of fused-ring (bicyclic) bond motifs is 3. The molecule has 1 saturated heterocycles. The highest BCUT2D eigenvalue weighted by molar-refractivity contribution is 6.30. The molecular formula is C28H25ClN4. The molecule has 33 heavy (non-hydrogen) atoms. The molecule has 3 heterocycles. The molecule has 0 saturated carbocycles.